The highest BCUT2D eigenvalue weighted by atomic mass is 127. The Balaban J connectivity index is 0.00000306. The molecule has 4 rings (SSSR count). The lowest BCUT2D eigenvalue weighted by Crippen LogP contribution is -2.23. The molecule has 0 unspecified atom stereocenters. The highest BCUT2D eigenvalue weighted by molar-refractivity contribution is 14.0. The molecule has 0 amide bonds. The van der Waals surface area contributed by atoms with Gasteiger partial charge in [0.15, 0.2) is 5.96 Å². The number of para-hydroxylation sites is 1. The first-order valence-electron chi connectivity index (χ1n) is 10.9. The fourth-order valence-corrected chi connectivity index (χ4v) is 3.42. The van der Waals surface area contributed by atoms with Crippen molar-refractivity contribution in [3.8, 4) is 11.5 Å². The van der Waals surface area contributed by atoms with Gasteiger partial charge in [0, 0.05) is 25.0 Å². The van der Waals surface area contributed by atoms with Gasteiger partial charge >= 0.3 is 0 Å². The smallest absolute Gasteiger partial charge is 0.193 e. The molecule has 0 saturated carbocycles. The Labute approximate surface area is 212 Å². The fourth-order valence-electron chi connectivity index (χ4n) is 3.42. The molecule has 0 bridgehead atoms. The first-order valence-corrected chi connectivity index (χ1v) is 10.9. The van der Waals surface area contributed by atoms with Gasteiger partial charge in [-0.2, -0.15) is 0 Å². The number of rotatable bonds is 8. The summed E-state index contributed by atoms with van der Waals surface area (Å²) in [5.74, 6) is 1.87. The normalized spacial score (nSPS) is 14.4. The van der Waals surface area contributed by atoms with E-state index >= 15 is 0 Å². The lowest BCUT2D eigenvalue weighted by Gasteiger charge is -2.22. The highest BCUT2D eigenvalue weighted by Crippen LogP contribution is 2.23. The van der Waals surface area contributed by atoms with E-state index in [0.29, 0.717) is 25.2 Å². The van der Waals surface area contributed by atoms with E-state index in [0.717, 1.165) is 54.4 Å². The molecule has 6 nitrogen and oxygen atoms in total. The van der Waals surface area contributed by atoms with E-state index in [1.54, 1.807) is 0 Å². The molecule has 1 aliphatic heterocycles. The summed E-state index contributed by atoms with van der Waals surface area (Å²) >= 11 is 0. The molecular formula is C26H30IN3O3. The zero-order valence-electron chi connectivity index (χ0n) is 18.5. The summed E-state index contributed by atoms with van der Waals surface area (Å²) in [6.45, 7) is 2.71. The number of ether oxygens (including phenoxy) is 3. The summed E-state index contributed by atoms with van der Waals surface area (Å²) in [6, 6.07) is 25.6. The molecule has 3 aromatic rings. The average molecular weight is 559 g/mol. The zero-order valence-corrected chi connectivity index (χ0v) is 20.8. The van der Waals surface area contributed by atoms with Gasteiger partial charge in [0.2, 0.25) is 0 Å². The summed E-state index contributed by atoms with van der Waals surface area (Å²) in [5.41, 5.74) is 9.15. The molecule has 0 spiro atoms. The second-order valence-electron chi connectivity index (χ2n) is 7.71. The van der Waals surface area contributed by atoms with Gasteiger partial charge < -0.3 is 25.3 Å². The van der Waals surface area contributed by atoms with Crippen molar-refractivity contribution in [3.63, 3.8) is 0 Å². The van der Waals surface area contributed by atoms with E-state index in [1.807, 2.05) is 54.6 Å². The van der Waals surface area contributed by atoms with Gasteiger partial charge in [-0.05, 0) is 48.2 Å². The monoisotopic (exact) mass is 559 g/mol. The van der Waals surface area contributed by atoms with Crippen LogP contribution in [0.1, 0.15) is 24.0 Å². The van der Waals surface area contributed by atoms with Crippen molar-refractivity contribution in [2.75, 3.05) is 18.5 Å². The minimum absolute atomic E-state index is 0. The van der Waals surface area contributed by atoms with Crippen LogP contribution in [0.4, 0.5) is 5.69 Å². The number of halogens is 1. The minimum atomic E-state index is 0. The maximum Gasteiger partial charge on any atom is 0.193 e. The molecule has 1 saturated heterocycles. The van der Waals surface area contributed by atoms with Crippen LogP contribution in [-0.2, 0) is 22.6 Å². The van der Waals surface area contributed by atoms with E-state index in [9.17, 15) is 0 Å². The Bertz CT molecular complexity index is 1010. The second kappa shape index (κ2) is 13.2. The Hall–Kier alpha value is -2.62. The Kier molecular flexibility index (Phi) is 9.99. The molecule has 174 valence electrons. The van der Waals surface area contributed by atoms with Crippen LogP contribution in [-0.4, -0.2) is 25.3 Å². The van der Waals surface area contributed by atoms with Crippen molar-refractivity contribution >= 4 is 35.6 Å². The molecule has 3 aromatic carbocycles. The van der Waals surface area contributed by atoms with Crippen LogP contribution >= 0.6 is 24.0 Å². The topological polar surface area (TPSA) is 78.1 Å². The molecule has 1 heterocycles. The molecule has 0 atom stereocenters. The molecule has 1 aliphatic rings. The molecule has 3 N–H and O–H groups in total. The number of hydrogen-bond donors (Lipinski definition) is 2. The first kappa shape index (κ1) is 25.0. The minimum Gasteiger partial charge on any atom is -0.457 e. The van der Waals surface area contributed by atoms with Crippen molar-refractivity contribution in [2.45, 2.75) is 32.1 Å². The number of hydrogen-bond acceptors (Lipinski definition) is 4. The van der Waals surface area contributed by atoms with E-state index < -0.39 is 0 Å². The first-order chi connectivity index (χ1) is 15.7. The maximum absolute atomic E-state index is 6.08. The van der Waals surface area contributed by atoms with Crippen LogP contribution < -0.4 is 15.8 Å². The lowest BCUT2D eigenvalue weighted by molar-refractivity contribution is -0.0390. The standard InChI is InChI=1S/C26H29N3O3.HI/c27-26(29-22-5-4-8-25(17-22)32-24-6-2-1-3-7-24)28-18-20-9-11-21(12-10-20)19-31-23-13-15-30-16-14-23;/h1-12,17,23H,13-16,18-19H2,(H3,27,28,29);1H. The number of guanidine groups is 1. The van der Waals surface area contributed by atoms with Gasteiger partial charge in [-0.15, -0.1) is 24.0 Å². The van der Waals surface area contributed by atoms with Crippen molar-refractivity contribution < 1.29 is 14.2 Å². The SMILES string of the molecule is I.NC(=NCc1ccc(COC2CCOCC2)cc1)Nc1cccc(Oc2ccccc2)c1. The summed E-state index contributed by atoms with van der Waals surface area (Å²) in [6.07, 6.45) is 2.25. The van der Waals surface area contributed by atoms with Gasteiger partial charge in [-0.1, -0.05) is 48.5 Å². The summed E-state index contributed by atoms with van der Waals surface area (Å²) in [7, 11) is 0. The van der Waals surface area contributed by atoms with Crippen molar-refractivity contribution in [3.05, 3.63) is 90.0 Å². The van der Waals surface area contributed by atoms with E-state index in [2.05, 4.69) is 34.6 Å². The van der Waals surface area contributed by atoms with E-state index in [1.165, 1.54) is 0 Å². The zero-order chi connectivity index (χ0) is 22.0. The van der Waals surface area contributed by atoms with Crippen molar-refractivity contribution in [1.29, 1.82) is 0 Å². The van der Waals surface area contributed by atoms with Crippen LogP contribution in [0.5, 0.6) is 11.5 Å². The van der Waals surface area contributed by atoms with Gasteiger partial charge in [0.1, 0.15) is 11.5 Å². The second-order valence-corrected chi connectivity index (χ2v) is 7.71. The van der Waals surface area contributed by atoms with Gasteiger partial charge in [-0.25, -0.2) is 4.99 Å². The molecule has 33 heavy (non-hydrogen) atoms. The van der Waals surface area contributed by atoms with E-state index in [4.69, 9.17) is 19.9 Å². The van der Waals surface area contributed by atoms with Gasteiger partial charge in [0.05, 0.1) is 19.3 Å². The predicted octanol–water partition coefficient (Wildman–Crippen LogP) is 5.72. The molecular weight excluding hydrogens is 529 g/mol. The van der Waals surface area contributed by atoms with Crippen LogP contribution in [0.15, 0.2) is 83.9 Å². The lowest BCUT2D eigenvalue weighted by atomic mass is 10.1. The van der Waals surface area contributed by atoms with Crippen molar-refractivity contribution in [1.82, 2.24) is 0 Å². The molecule has 0 aliphatic carbocycles. The number of aliphatic imine (C=N–C) groups is 1. The number of benzene rings is 3. The summed E-state index contributed by atoms with van der Waals surface area (Å²) in [5, 5.41) is 3.12. The number of anilines is 1. The maximum atomic E-state index is 6.08. The largest absolute Gasteiger partial charge is 0.457 e. The van der Waals surface area contributed by atoms with Gasteiger partial charge in [-0.3, -0.25) is 0 Å². The fraction of sp³-hybridized carbons (Fsp3) is 0.269. The quantitative estimate of drug-likeness (QED) is 0.210. The number of nitrogens with one attached hydrogen (secondary N) is 1. The Morgan fingerprint density at radius 1 is 0.909 bits per heavy atom. The third-order valence-electron chi connectivity index (χ3n) is 5.19. The van der Waals surface area contributed by atoms with Crippen molar-refractivity contribution in [2.24, 2.45) is 10.7 Å². The van der Waals surface area contributed by atoms with E-state index in [-0.39, 0.29) is 24.0 Å². The van der Waals surface area contributed by atoms with Crippen LogP contribution in [0.2, 0.25) is 0 Å². The Morgan fingerprint density at radius 3 is 2.36 bits per heavy atom. The molecule has 1 fully saturated rings. The van der Waals surface area contributed by atoms with Gasteiger partial charge in [0.25, 0.3) is 0 Å². The van der Waals surface area contributed by atoms with Crippen LogP contribution in [0.3, 0.4) is 0 Å². The highest BCUT2D eigenvalue weighted by Gasteiger charge is 2.13. The average Bonchev–Trinajstić information content (AvgIpc) is 2.84. The molecule has 0 aromatic heterocycles. The number of nitrogens with zero attached hydrogens (tertiary/aromatic N) is 1. The predicted molar refractivity (Wildman–Crippen MR) is 142 cm³/mol. The van der Waals surface area contributed by atoms with Crippen LogP contribution in [0.25, 0.3) is 0 Å². The number of nitrogens with two attached hydrogens (primary N) is 1. The summed E-state index contributed by atoms with van der Waals surface area (Å²) < 4.78 is 17.2. The summed E-state index contributed by atoms with van der Waals surface area (Å²) in [4.78, 5) is 4.45. The van der Waals surface area contributed by atoms with Crippen LogP contribution in [0, 0.1) is 0 Å². The third kappa shape index (κ3) is 8.34. The molecule has 7 heteroatoms. The molecule has 0 radical (unpaired) electrons. The Morgan fingerprint density at radius 2 is 1.61 bits per heavy atom. The third-order valence-corrected chi connectivity index (χ3v) is 5.19.